The van der Waals surface area contributed by atoms with Crippen molar-refractivity contribution in [3.63, 3.8) is 0 Å². The molecule has 0 unspecified atom stereocenters. The lowest BCUT2D eigenvalue weighted by Gasteiger charge is -2.01. The minimum Gasteiger partial charge on any atom is -0.222 e. The van der Waals surface area contributed by atoms with Crippen molar-refractivity contribution in [1.29, 1.82) is 0 Å². The molecule has 0 aromatic carbocycles. The van der Waals surface area contributed by atoms with Gasteiger partial charge in [0.05, 0.1) is 0 Å². The van der Waals surface area contributed by atoms with Gasteiger partial charge in [0, 0.05) is 0 Å². The van der Waals surface area contributed by atoms with Crippen molar-refractivity contribution in [3.05, 3.63) is 0 Å². The summed E-state index contributed by atoms with van der Waals surface area (Å²) in [5.41, 5.74) is 0.169. The third kappa shape index (κ3) is 3.09. The first-order chi connectivity index (χ1) is 4.72. The Balaban J connectivity index is 4.24. The molecular weight excluding hydrogens is 148 g/mol. The molecule has 0 aliphatic heterocycles. The molecule has 0 rings (SSSR count). The lowest BCUT2D eigenvalue weighted by molar-refractivity contribution is 0.565. The van der Waals surface area contributed by atoms with Gasteiger partial charge >= 0.3 is 9.12 Å². The van der Waals surface area contributed by atoms with E-state index >= 15 is 0 Å². The van der Waals surface area contributed by atoms with Gasteiger partial charge in [0.1, 0.15) is 0 Å². The van der Waals surface area contributed by atoms with Crippen LogP contribution in [-0.4, -0.2) is 21.3 Å². The van der Waals surface area contributed by atoms with Gasteiger partial charge in [-0.25, -0.2) is 18.9 Å². The summed E-state index contributed by atoms with van der Waals surface area (Å²) in [6, 6.07) is 0. The monoisotopic (exact) mass is 156 g/mol. The van der Waals surface area contributed by atoms with Crippen molar-refractivity contribution in [2.24, 2.45) is 9.32 Å². The van der Waals surface area contributed by atoms with E-state index in [1.165, 1.54) is 12.2 Å². The molecule has 0 aliphatic rings. The van der Waals surface area contributed by atoms with Gasteiger partial charge in [0.25, 0.3) is 0 Å². The van der Waals surface area contributed by atoms with Gasteiger partial charge in [-0.2, -0.15) is 0 Å². The molecule has 10 heavy (non-hydrogen) atoms. The van der Waals surface area contributed by atoms with E-state index in [0.29, 0.717) is 0 Å². The molecule has 0 radical (unpaired) electrons. The SMILES string of the molecule is CC(C)[SiH](N=C=O)N=C=O. The minimum absolute atomic E-state index is 0.169. The van der Waals surface area contributed by atoms with E-state index < -0.39 is 9.12 Å². The van der Waals surface area contributed by atoms with Crippen molar-refractivity contribution in [1.82, 2.24) is 0 Å². The zero-order valence-corrected chi connectivity index (χ0v) is 7.02. The highest BCUT2D eigenvalue weighted by molar-refractivity contribution is 6.58. The highest BCUT2D eigenvalue weighted by Gasteiger charge is 2.12. The molecule has 0 atom stereocenters. The third-order valence-electron chi connectivity index (χ3n) is 0.966. The van der Waals surface area contributed by atoms with Crippen LogP contribution >= 0.6 is 0 Å². The molecule has 54 valence electrons. The summed E-state index contributed by atoms with van der Waals surface area (Å²) in [5, 5.41) is 0. The van der Waals surface area contributed by atoms with Gasteiger partial charge in [-0.05, 0) is 5.54 Å². The third-order valence-corrected chi connectivity index (χ3v) is 2.90. The smallest absolute Gasteiger partial charge is 0.222 e. The number of carbonyl (C=O) groups excluding carboxylic acids is 2. The van der Waals surface area contributed by atoms with Crippen LogP contribution in [0.4, 0.5) is 0 Å². The van der Waals surface area contributed by atoms with E-state index in [4.69, 9.17) is 0 Å². The van der Waals surface area contributed by atoms with Crippen LogP contribution in [0.1, 0.15) is 13.8 Å². The maximum absolute atomic E-state index is 9.75. The molecule has 0 N–H and O–H groups in total. The van der Waals surface area contributed by atoms with E-state index in [0.717, 1.165) is 0 Å². The summed E-state index contributed by atoms with van der Waals surface area (Å²) >= 11 is 0. The van der Waals surface area contributed by atoms with Crippen LogP contribution in [0.5, 0.6) is 0 Å². The molecule has 0 heterocycles. The molecule has 0 aromatic heterocycles. The maximum Gasteiger partial charge on any atom is 0.318 e. The van der Waals surface area contributed by atoms with Crippen molar-refractivity contribution >= 4 is 21.3 Å². The van der Waals surface area contributed by atoms with E-state index in [9.17, 15) is 9.59 Å². The summed E-state index contributed by atoms with van der Waals surface area (Å²) in [4.78, 5) is 19.5. The Morgan fingerprint density at radius 2 is 1.60 bits per heavy atom. The summed E-state index contributed by atoms with van der Waals surface area (Å²) in [6.07, 6.45) is 2.80. The number of nitrogens with zero attached hydrogens (tertiary/aromatic N) is 2. The highest BCUT2D eigenvalue weighted by atomic mass is 28.3. The van der Waals surface area contributed by atoms with Crippen molar-refractivity contribution < 1.29 is 9.59 Å². The van der Waals surface area contributed by atoms with Crippen molar-refractivity contribution in [2.75, 3.05) is 0 Å². The lowest BCUT2D eigenvalue weighted by atomic mass is 10.6. The second-order valence-corrected chi connectivity index (χ2v) is 4.78. The van der Waals surface area contributed by atoms with Gasteiger partial charge in [-0.15, -0.1) is 0 Å². The maximum atomic E-state index is 9.75. The van der Waals surface area contributed by atoms with Gasteiger partial charge in [0.15, 0.2) is 0 Å². The Bertz CT molecular complexity index is 174. The van der Waals surface area contributed by atoms with Gasteiger partial charge < -0.3 is 0 Å². The molecule has 0 amide bonds. The second-order valence-electron chi connectivity index (χ2n) is 2.10. The first-order valence-electron chi connectivity index (χ1n) is 2.86. The first-order valence-corrected chi connectivity index (χ1v) is 4.56. The Labute approximate surface area is 60.5 Å². The van der Waals surface area contributed by atoms with Crippen LogP contribution in [0.3, 0.4) is 0 Å². The minimum atomic E-state index is -1.90. The quantitative estimate of drug-likeness (QED) is 0.335. The topological polar surface area (TPSA) is 58.9 Å². The van der Waals surface area contributed by atoms with Crippen molar-refractivity contribution in [3.8, 4) is 0 Å². The summed E-state index contributed by atoms with van der Waals surface area (Å²) < 4.78 is 6.84. The fraction of sp³-hybridized carbons (Fsp3) is 0.600. The van der Waals surface area contributed by atoms with E-state index in [1.807, 2.05) is 13.8 Å². The Kier molecular flexibility index (Phi) is 4.33. The van der Waals surface area contributed by atoms with Crippen LogP contribution in [0.15, 0.2) is 9.32 Å². The zero-order valence-electron chi connectivity index (χ0n) is 5.87. The highest BCUT2D eigenvalue weighted by Crippen LogP contribution is 2.07. The predicted octanol–water partition coefficient (Wildman–Crippen LogP) is 0.289. The normalized spacial score (nSPS) is 11.5. The summed E-state index contributed by atoms with van der Waals surface area (Å²) in [5.74, 6) is 0. The van der Waals surface area contributed by atoms with Crippen molar-refractivity contribution in [2.45, 2.75) is 19.4 Å². The van der Waals surface area contributed by atoms with E-state index in [-0.39, 0.29) is 5.54 Å². The van der Waals surface area contributed by atoms with E-state index in [2.05, 4.69) is 9.32 Å². The molecule has 0 aromatic rings. The molecule has 0 saturated heterocycles. The van der Waals surface area contributed by atoms with Gasteiger partial charge in [-0.3, -0.25) is 0 Å². The predicted molar refractivity (Wildman–Crippen MR) is 38.5 cm³/mol. The average molecular weight is 156 g/mol. The van der Waals surface area contributed by atoms with Crippen LogP contribution in [0.25, 0.3) is 0 Å². The first kappa shape index (κ1) is 8.98. The fourth-order valence-electron chi connectivity index (χ4n) is 0.435. The van der Waals surface area contributed by atoms with Crippen LogP contribution in [-0.2, 0) is 9.59 Å². The molecule has 0 fully saturated rings. The molecule has 0 saturated carbocycles. The number of hydrogen-bond donors (Lipinski definition) is 0. The fourth-order valence-corrected chi connectivity index (χ4v) is 1.31. The average Bonchev–Trinajstić information content (AvgIpc) is 1.87. The zero-order chi connectivity index (χ0) is 7.98. The summed E-state index contributed by atoms with van der Waals surface area (Å²) in [6.45, 7) is 3.72. The van der Waals surface area contributed by atoms with E-state index in [1.54, 1.807) is 0 Å². The van der Waals surface area contributed by atoms with Gasteiger partial charge in [-0.1, -0.05) is 13.8 Å². The van der Waals surface area contributed by atoms with Crippen LogP contribution in [0, 0.1) is 0 Å². The molecule has 0 spiro atoms. The molecule has 0 bridgehead atoms. The lowest BCUT2D eigenvalue weighted by Crippen LogP contribution is -2.10. The largest absolute Gasteiger partial charge is 0.318 e. The van der Waals surface area contributed by atoms with Crippen LogP contribution in [0.2, 0.25) is 5.54 Å². The molecule has 4 nitrogen and oxygen atoms in total. The molecule has 5 heteroatoms. The summed E-state index contributed by atoms with van der Waals surface area (Å²) in [7, 11) is -1.90. The molecular formula is C5H8N2O2Si. The van der Waals surface area contributed by atoms with Gasteiger partial charge in [0.2, 0.25) is 12.2 Å². The number of hydrogen-bond acceptors (Lipinski definition) is 4. The second kappa shape index (κ2) is 4.82. The standard InChI is InChI=1S/C5H8N2O2Si/c1-5(2)10(6-3-8)7-4-9/h5,10H,1-2H3. The van der Waals surface area contributed by atoms with Crippen LogP contribution < -0.4 is 0 Å². The molecule has 0 aliphatic carbocycles. The number of isocyanates is 2. The Hall–Kier alpha value is -1.02. The Morgan fingerprint density at radius 3 is 1.80 bits per heavy atom. The number of rotatable bonds is 3. The Morgan fingerprint density at radius 1 is 1.20 bits per heavy atom.